The lowest BCUT2D eigenvalue weighted by molar-refractivity contribution is -0.124. The summed E-state index contributed by atoms with van der Waals surface area (Å²) in [6, 6.07) is 18.7. The minimum absolute atomic E-state index is 0.0269. The molecule has 0 aromatic heterocycles. The average molecular weight is 323 g/mol. The molecule has 1 amide bonds. The van der Waals surface area contributed by atoms with Crippen LogP contribution < -0.4 is 16.2 Å². The summed E-state index contributed by atoms with van der Waals surface area (Å²) in [4.78, 5) is 12.5. The van der Waals surface area contributed by atoms with Gasteiger partial charge in [0.05, 0.1) is 12.0 Å². The van der Waals surface area contributed by atoms with E-state index < -0.39 is 0 Å². The largest absolute Gasteiger partial charge is 0.356 e. The second-order valence-electron chi connectivity index (χ2n) is 6.40. The molecule has 1 aliphatic heterocycles. The monoisotopic (exact) mass is 323 g/mol. The van der Waals surface area contributed by atoms with Gasteiger partial charge in [-0.3, -0.25) is 10.2 Å². The molecule has 2 aromatic carbocycles. The lowest BCUT2D eigenvalue weighted by atomic mass is 9.93. The van der Waals surface area contributed by atoms with Gasteiger partial charge >= 0.3 is 0 Å². The Bertz CT molecular complexity index is 672. The summed E-state index contributed by atoms with van der Waals surface area (Å²) in [5.41, 5.74) is 10.0. The Kier molecular flexibility index (Phi) is 5.62. The summed E-state index contributed by atoms with van der Waals surface area (Å²) in [5, 5.41) is 3.09. The van der Waals surface area contributed by atoms with Gasteiger partial charge in [0.2, 0.25) is 5.91 Å². The zero-order valence-corrected chi connectivity index (χ0v) is 14.1. The van der Waals surface area contributed by atoms with E-state index in [1.54, 1.807) is 0 Å². The molecule has 0 radical (unpaired) electrons. The number of benzene rings is 2. The van der Waals surface area contributed by atoms with E-state index in [0.29, 0.717) is 13.1 Å². The SMILES string of the molecule is Cc1cccc(C2NNCC2C(=O)NCCCc2ccccc2)c1. The molecule has 1 aliphatic rings. The van der Waals surface area contributed by atoms with Gasteiger partial charge in [0.25, 0.3) is 0 Å². The number of amides is 1. The van der Waals surface area contributed by atoms with Crippen molar-refractivity contribution in [2.24, 2.45) is 5.92 Å². The van der Waals surface area contributed by atoms with Crippen LogP contribution in [-0.4, -0.2) is 19.0 Å². The quantitative estimate of drug-likeness (QED) is 0.716. The lowest BCUT2D eigenvalue weighted by Crippen LogP contribution is -2.35. The van der Waals surface area contributed by atoms with Crippen LogP contribution in [0.1, 0.15) is 29.2 Å². The van der Waals surface area contributed by atoms with E-state index >= 15 is 0 Å². The fourth-order valence-corrected chi connectivity index (χ4v) is 3.20. The minimum atomic E-state index is -0.0801. The summed E-state index contributed by atoms with van der Waals surface area (Å²) < 4.78 is 0. The number of nitrogens with one attached hydrogen (secondary N) is 3. The van der Waals surface area contributed by atoms with Crippen LogP contribution in [0.15, 0.2) is 54.6 Å². The maximum absolute atomic E-state index is 12.5. The summed E-state index contributed by atoms with van der Waals surface area (Å²) >= 11 is 0. The van der Waals surface area contributed by atoms with Gasteiger partial charge in [-0.25, -0.2) is 5.43 Å². The van der Waals surface area contributed by atoms with Crippen LogP contribution in [-0.2, 0) is 11.2 Å². The Morgan fingerprint density at radius 1 is 1.17 bits per heavy atom. The zero-order chi connectivity index (χ0) is 16.8. The molecule has 0 aliphatic carbocycles. The van der Waals surface area contributed by atoms with E-state index in [0.717, 1.165) is 18.4 Å². The van der Waals surface area contributed by atoms with Crippen LogP contribution in [0.2, 0.25) is 0 Å². The summed E-state index contributed by atoms with van der Waals surface area (Å²) in [7, 11) is 0. The van der Waals surface area contributed by atoms with Crippen LogP contribution in [0.3, 0.4) is 0 Å². The van der Waals surface area contributed by atoms with Crippen LogP contribution in [0.5, 0.6) is 0 Å². The molecule has 2 atom stereocenters. The van der Waals surface area contributed by atoms with E-state index in [1.165, 1.54) is 11.1 Å². The van der Waals surface area contributed by atoms with Crippen LogP contribution >= 0.6 is 0 Å². The van der Waals surface area contributed by atoms with Crippen molar-refractivity contribution < 1.29 is 4.79 Å². The van der Waals surface area contributed by atoms with Crippen molar-refractivity contribution in [3.05, 3.63) is 71.3 Å². The first kappa shape index (κ1) is 16.7. The molecular weight excluding hydrogens is 298 g/mol. The van der Waals surface area contributed by atoms with Crippen molar-refractivity contribution in [2.75, 3.05) is 13.1 Å². The van der Waals surface area contributed by atoms with E-state index in [2.05, 4.69) is 65.6 Å². The van der Waals surface area contributed by atoms with E-state index in [4.69, 9.17) is 0 Å². The van der Waals surface area contributed by atoms with Gasteiger partial charge in [-0.05, 0) is 30.9 Å². The summed E-state index contributed by atoms with van der Waals surface area (Å²) in [6.07, 6.45) is 1.95. The Morgan fingerprint density at radius 3 is 2.79 bits per heavy atom. The molecule has 0 bridgehead atoms. The fourth-order valence-electron chi connectivity index (χ4n) is 3.20. The molecule has 24 heavy (non-hydrogen) atoms. The molecule has 1 fully saturated rings. The van der Waals surface area contributed by atoms with Crippen molar-refractivity contribution >= 4 is 5.91 Å². The number of aryl methyl sites for hydroxylation is 2. The predicted octanol–water partition coefficient (Wildman–Crippen LogP) is 2.51. The van der Waals surface area contributed by atoms with Gasteiger partial charge in [0.1, 0.15) is 0 Å². The molecule has 4 nitrogen and oxygen atoms in total. The molecule has 3 N–H and O–H groups in total. The zero-order valence-electron chi connectivity index (χ0n) is 14.1. The minimum Gasteiger partial charge on any atom is -0.356 e. The van der Waals surface area contributed by atoms with Gasteiger partial charge in [0, 0.05) is 13.1 Å². The lowest BCUT2D eigenvalue weighted by Gasteiger charge is -2.19. The Morgan fingerprint density at radius 2 is 2.00 bits per heavy atom. The van der Waals surface area contributed by atoms with Crippen molar-refractivity contribution in [1.29, 1.82) is 0 Å². The number of carbonyl (C=O) groups excluding carboxylic acids is 1. The first-order valence-corrected chi connectivity index (χ1v) is 8.60. The molecule has 0 saturated carbocycles. The van der Waals surface area contributed by atoms with E-state index in [1.807, 2.05) is 12.1 Å². The van der Waals surface area contributed by atoms with Gasteiger partial charge < -0.3 is 5.32 Å². The van der Waals surface area contributed by atoms with Crippen molar-refractivity contribution in [3.8, 4) is 0 Å². The topological polar surface area (TPSA) is 53.2 Å². The number of hydrogen-bond donors (Lipinski definition) is 3. The molecule has 2 unspecified atom stereocenters. The molecular formula is C20H25N3O. The Hall–Kier alpha value is -2.17. The average Bonchev–Trinajstić information content (AvgIpc) is 3.09. The fraction of sp³-hybridized carbons (Fsp3) is 0.350. The highest BCUT2D eigenvalue weighted by Crippen LogP contribution is 2.25. The van der Waals surface area contributed by atoms with Crippen LogP contribution in [0, 0.1) is 12.8 Å². The van der Waals surface area contributed by atoms with Gasteiger partial charge in [0.15, 0.2) is 0 Å². The van der Waals surface area contributed by atoms with Crippen molar-refractivity contribution in [1.82, 2.24) is 16.2 Å². The third-order valence-electron chi connectivity index (χ3n) is 4.50. The van der Waals surface area contributed by atoms with Gasteiger partial charge in [-0.15, -0.1) is 0 Å². The normalized spacial score (nSPS) is 20.0. The number of carbonyl (C=O) groups is 1. The molecule has 126 valence electrons. The van der Waals surface area contributed by atoms with Gasteiger partial charge in [-0.2, -0.15) is 0 Å². The molecule has 3 rings (SSSR count). The third kappa shape index (κ3) is 4.22. The first-order valence-electron chi connectivity index (χ1n) is 8.60. The highest BCUT2D eigenvalue weighted by molar-refractivity contribution is 5.80. The van der Waals surface area contributed by atoms with Gasteiger partial charge in [-0.1, -0.05) is 60.2 Å². The standard InChI is InChI=1S/C20H25N3O/c1-15-7-5-11-17(13-15)19-18(14-22-23-19)20(24)21-12-6-10-16-8-3-2-4-9-16/h2-5,7-9,11,13,18-19,22-23H,6,10,12,14H2,1H3,(H,21,24). The van der Waals surface area contributed by atoms with E-state index in [9.17, 15) is 4.79 Å². The van der Waals surface area contributed by atoms with Crippen LogP contribution in [0.4, 0.5) is 0 Å². The third-order valence-corrected chi connectivity index (χ3v) is 4.50. The first-order chi connectivity index (χ1) is 11.7. The number of hydrazine groups is 1. The molecule has 1 saturated heterocycles. The molecule has 1 heterocycles. The Balaban J connectivity index is 1.50. The number of hydrogen-bond acceptors (Lipinski definition) is 3. The molecule has 2 aromatic rings. The summed E-state index contributed by atoms with van der Waals surface area (Å²) in [5.74, 6) is 0.0376. The highest BCUT2D eigenvalue weighted by atomic mass is 16.2. The predicted molar refractivity (Wildman–Crippen MR) is 96.3 cm³/mol. The molecule has 4 heteroatoms. The van der Waals surface area contributed by atoms with Crippen LogP contribution in [0.25, 0.3) is 0 Å². The van der Waals surface area contributed by atoms with Crippen molar-refractivity contribution in [2.45, 2.75) is 25.8 Å². The molecule has 0 spiro atoms. The maximum atomic E-state index is 12.5. The second-order valence-corrected chi connectivity index (χ2v) is 6.40. The highest BCUT2D eigenvalue weighted by Gasteiger charge is 2.33. The second kappa shape index (κ2) is 8.08. The van der Waals surface area contributed by atoms with Crippen molar-refractivity contribution in [3.63, 3.8) is 0 Å². The van der Waals surface area contributed by atoms with E-state index in [-0.39, 0.29) is 17.9 Å². The smallest absolute Gasteiger partial charge is 0.226 e. The summed E-state index contributed by atoms with van der Waals surface area (Å²) in [6.45, 7) is 3.44. The number of rotatable bonds is 6. The maximum Gasteiger partial charge on any atom is 0.226 e. The Labute approximate surface area is 143 Å².